The van der Waals surface area contributed by atoms with Crippen molar-refractivity contribution < 1.29 is 43.5 Å². The summed E-state index contributed by atoms with van der Waals surface area (Å²) in [5.74, 6) is -2.54. The third-order valence-electron chi connectivity index (χ3n) is 12.0. The van der Waals surface area contributed by atoms with Gasteiger partial charge in [-0.05, 0) is 74.3 Å². The maximum absolute atomic E-state index is 14.2. The van der Waals surface area contributed by atoms with Gasteiger partial charge >= 0.3 is 11.9 Å². The van der Waals surface area contributed by atoms with Gasteiger partial charge < -0.3 is 33.9 Å². The van der Waals surface area contributed by atoms with E-state index >= 15 is 0 Å². The van der Waals surface area contributed by atoms with Gasteiger partial charge in [0, 0.05) is 25.2 Å². The van der Waals surface area contributed by atoms with E-state index < -0.39 is 53.7 Å². The summed E-state index contributed by atoms with van der Waals surface area (Å²) in [5, 5.41) is 23.4. The first kappa shape index (κ1) is 37.7. The van der Waals surface area contributed by atoms with Crippen LogP contribution in [0.3, 0.4) is 0 Å². The number of esters is 2. The predicted molar refractivity (Wildman–Crippen MR) is 193 cm³/mol. The molecule has 3 saturated heterocycles. The van der Waals surface area contributed by atoms with Gasteiger partial charge in [-0.2, -0.15) is 0 Å². The first-order chi connectivity index (χ1) is 24.2. The Morgan fingerprint density at radius 2 is 1.82 bits per heavy atom. The standard InChI is InChI=1S/C42H56O9/c1-8-25(3)37-28(6)18-19-41(51-37)22-33-21-32(50-41)17-14-27(5)36(49-39(44)30-15-12-24(2)13-16-30)26(4)10-9-11-31-23-47-38-35(43)29(7)20-34(40(45)48-33)42(31,38)46/h9-16,20,25-26,28,32-38,43,46H,8,17-19,21-23H2,1-7H3/b10-9+,27-14+,31-11+/t25-,26-,28-,32+,33-,34-,35+,36-,37+,38+,41+,42+/m0/s1. The second-order valence-electron chi connectivity index (χ2n) is 15.8. The van der Waals surface area contributed by atoms with E-state index in [1.165, 1.54) is 0 Å². The molecule has 0 saturated carbocycles. The van der Waals surface area contributed by atoms with E-state index in [1.54, 1.807) is 37.3 Å². The smallest absolute Gasteiger partial charge is 0.338 e. The summed E-state index contributed by atoms with van der Waals surface area (Å²) in [6.45, 7) is 14.3. The van der Waals surface area contributed by atoms with Gasteiger partial charge in [0.15, 0.2) is 5.79 Å². The molecule has 4 heterocycles. The van der Waals surface area contributed by atoms with E-state index in [-0.39, 0.29) is 24.7 Å². The van der Waals surface area contributed by atoms with Crippen LogP contribution in [-0.4, -0.2) is 76.8 Å². The number of allylic oxidation sites excluding steroid dienone is 2. The molecule has 4 aliphatic heterocycles. The van der Waals surface area contributed by atoms with Crippen molar-refractivity contribution in [1.82, 2.24) is 0 Å². The maximum atomic E-state index is 14.2. The SMILES string of the molecule is CC[C@H](C)[C@H]1O[C@]2(CC[C@@H]1C)C[C@@H]1C[C@@H](C/C=C(\C)[C@@H](OC(=O)c3ccc(C)cc3)[C@@H](C)/C=C/C=C3\CO[C@@H]4[C@H](O)C(C)=C[C@@H](C(=O)O1)[C@]34O)O2. The largest absolute Gasteiger partial charge is 0.462 e. The topological polar surface area (TPSA) is 121 Å². The summed E-state index contributed by atoms with van der Waals surface area (Å²) in [6.07, 6.45) is 9.49. The molecule has 1 aliphatic carbocycles. The Labute approximate surface area is 302 Å². The molecule has 0 radical (unpaired) electrons. The molecule has 51 heavy (non-hydrogen) atoms. The Morgan fingerprint density at radius 1 is 1.08 bits per heavy atom. The normalized spacial score (nSPS) is 41.9. The number of aryl methyl sites for hydroxylation is 1. The van der Waals surface area contributed by atoms with Crippen molar-refractivity contribution in [3.8, 4) is 0 Å². The Hall–Kier alpha value is -3.08. The second kappa shape index (κ2) is 15.1. The van der Waals surface area contributed by atoms with Gasteiger partial charge in [0.25, 0.3) is 0 Å². The Balaban J connectivity index is 1.39. The summed E-state index contributed by atoms with van der Waals surface area (Å²) >= 11 is 0. The minimum absolute atomic E-state index is 0.00223. The lowest BCUT2D eigenvalue weighted by Crippen LogP contribution is -2.58. The molecule has 12 atom stereocenters. The molecule has 1 spiro atoms. The molecule has 0 amide bonds. The minimum Gasteiger partial charge on any atom is -0.462 e. The number of benzene rings is 1. The van der Waals surface area contributed by atoms with Crippen LogP contribution in [0, 0.1) is 30.6 Å². The third kappa shape index (κ3) is 7.56. The number of aliphatic hydroxyl groups excluding tert-OH is 1. The van der Waals surface area contributed by atoms with Crippen LogP contribution >= 0.6 is 0 Å². The van der Waals surface area contributed by atoms with Gasteiger partial charge in [-0.25, -0.2) is 4.79 Å². The van der Waals surface area contributed by atoms with Crippen molar-refractivity contribution in [3.05, 3.63) is 82.5 Å². The quantitative estimate of drug-likeness (QED) is 0.261. The lowest BCUT2D eigenvalue weighted by atomic mass is 9.71. The molecular formula is C42H56O9. The lowest BCUT2D eigenvalue weighted by molar-refractivity contribution is -0.340. The van der Waals surface area contributed by atoms with Gasteiger partial charge in [0.05, 0.1) is 24.4 Å². The zero-order valence-corrected chi connectivity index (χ0v) is 31.2. The number of carbonyl (C=O) groups excluding carboxylic acids is 2. The number of hydrogen-bond acceptors (Lipinski definition) is 9. The fraction of sp³-hybridized carbons (Fsp3) is 0.619. The number of carbonyl (C=O) groups is 2. The van der Waals surface area contributed by atoms with Crippen LogP contribution in [0.2, 0.25) is 0 Å². The first-order valence-electron chi connectivity index (χ1n) is 18.8. The molecule has 9 nitrogen and oxygen atoms in total. The van der Waals surface area contributed by atoms with Gasteiger partial charge in [-0.15, -0.1) is 0 Å². The highest BCUT2D eigenvalue weighted by Gasteiger charge is 2.60. The average Bonchev–Trinajstić information content (AvgIpc) is 3.44. The minimum atomic E-state index is -1.81. The highest BCUT2D eigenvalue weighted by Crippen LogP contribution is 2.48. The van der Waals surface area contributed by atoms with Gasteiger partial charge in [0.2, 0.25) is 0 Å². The van der Waals surface area contributed by atoms with Crippen LogP contribution in [0.4, 0.5) is 0 Å². The molecule has 6 rings (SSSR count). The molecule has 1 aromatic rings. The van der Waals surface area contributed by atoms with Crippen molar-refractivity contribution in [2.24, 2.45) is 23.7 Å². The van der Waals surface area contributed by atoms with Crippen molar-refractivity contribution in [3.63, 3.8) is 0 Å². The highest BCUT2D eigenvalue weighted by atomic mass is 16.7. The molecule has 9 heteroatoms. The van der Waals surface area contributed by atoms with Crippen LogP contribution in [0.25, 0.3) is 0 Å². The Kier molecular flexibility index (Phi) is 11.2. The number of hydrogen-bond donors (Lipinski definition) is 2. The van der Waals surface area contributed by atoms with Crippen LogP contribution in [-0.2, 0) is 28.5 Å². The van der Waals surface area contributed by atoms with Crippen molar-refractivity contribution in [1.29, 1.82) is 0 Å². The second-order valence-corrected chi connectivity index (χ2v) is 15.8. The molecule has 3 fully saturated rings. The fourth-order valence-electron chi connectivity index (χ4n) is 8.62. The monoisotopic (exact) mass is 704 g/mol. The third-order valence-corrected chi connectivity index (χ3v) is 12.0. The van der Waals surface area contributed by atoms with E-state index in [1.807, 2.05) is 39.0 Å². The number of rotatable bonds is 4. The first-order valence-corrected chi connectivity index (χ1v) is 18.8. The van der Waals surface area contributed by atoms with E-state index in [2.05, 4.69) is 26.8 Å². The van der Waals surface area contributed by atoms with Crippen molar-refractivity contribution >= 4 is 11.9 Å². The summed E-state index contributed by atoms with van der Waals surface area (Å²) < 4.78 is 32.3. The molecule has 0 unspecified atom stereocenters. The van der Waals surface area contributed by atoms with E-state index in [0.717, 1.165) is 24.0 Å². The van der Waals surface area contributed by atoms with Gasteiger partial charge in [-0.3, -0.25) is 4.79 Å². The molecule has 2 N–H and O–H groups in total. The van der Waals surface area contributed by atoms with Crippen LogP contribution < -0.4 is 0 Å². The van der Waals surface area contributed by atoms with Crippen LogP contribution in [0.15, 0.2) is 71.4 Å². The molecule has 0 aromatic heterocycles. The number of ether oxygens (including phenoxy) is 5. The lowest BCUT2D eigenvalue weighted by Gasteiger charge is -2.51. The number of fused-ring (bicyclic) bond motifs is 2. The zero-order valence-electron chi connectivity index (χ0n) is 31.2. The molecule has 2 bridgehead atoms. The van der Waals surface area contributed by atoms with E-state index in [0.29, 0.717) is 54.2 Å². The van der Waals surface area contributed by atoms with Crippen LogP contribution in [0.1, 0.15) is 96.0 Å². The van der Waals surface area contributed by atoms with Crippen LogP contribution in [0.5, 0.6) is 0 Å². The highest BCUT2D eigenvalue weighted by molar-refractivity contribution is 5.89. The Bertz CT molecular complexity index is 1570. The van der Waals surface area contributed by atoms with Gasteiger partial charge in [0.1, 0.15) is 35.9 Å². The zero-order chi connectivity index (χ0) is 36.7. The Morgan fingerprint density at radius 3 is 2.55 bits per heavy atom. The molecule has 278 valence electrons. The summed E-state index contributed by atoms with van der Waals surface area (Å²) in [6, 6.07) is 7.32. The van der Waals surface area contributed by atoms with E-state index in [9.17, 15) is 19.8 Å². The average molecular weight is 705 g/mol. The predicted octanol–water partition coefficient (Wildman–Crippen LogP) is 6.70. The van der Waals surface area contributed by atoms with E-state index in [4.69, 9.17) is 23.7 Å². The van der Waals surface area contributed by atoms with Crippen molar-refractivity contribution in [2.45, 2.75) is 135 Å². The fourth-order valence-corrected chi connectivity index (χ4v) is 8.62. The van der Waals surface area contributed by atoms with Gasteiger partial charge in [-0.1, -0.05) is 82.2 Å². The molecular weight excluding hydrogens is 648 g/mol. The summed E-state index contributed by atoms with van der Waals surface area (Å²) in [7, 11) is 0. The molecule has 5 aliphatic rings. The maximum Gasteiger partial charge on any atom is 0.338 e. The summed E-state index contributed by atoms with van der Waals surface area (Å²) in [4.78, 5) is 27.6. The molecule has 1 aromatic carbocycles. The summed E-state index contributed by atoms with van der Waals surface area (Å²) in [5.41, 5.74) is 1.61. The number of aliphatic hydroxyl groups is 2. The van der Waals surface area contributed by atoms with Crippen molar-refractivity contribution in [2.75, 3.05) is 6.61 Å².